The molecule has 26 heavy (non-hydrogen) atoms. The normalized spacial score (nSPS) is 11.4. The molecule has 0 amide bonds. The van der Waals surface area contributed by atoms with Crippen LogP contribution in [-0.2, 0) is 17.8 Å². The molecule has 3 aromatic heterocycles. The average molecular weight is 392 g/mol. The van der Waals surface area contributed by atoms with Gasteiger partial charge in [-0.3, -0.25) is 9.69 Å². The topological polar surface area (TPSA) is 75.3 Å². The lowest BCUT2D eigenvalue weighted by Crippen LogP contribution is -2.21. The van der Waals surface area contributed by atoms with Gasteiger partial charge in [-0.25, -0.2) is 9.78 Å². The van der Waals surface area contributed by atoms with E-state index < -0.39 is 5.97 Å². The van der Waals surface area contributed by atoms with Crippen LogP contribution in [-0.4, -0.2) is 34.5 Å². The van der Waals surface area contributed by atoms with Crippen LogP contribution < -0.4 is 5.56 Å². The van der Waals surface area contributed by atoms with E-state index in [0.29, 0.717) is 39.6 Å². The van der Waals surface area contributed by atoms with E-state index in [4.69, 9.17) is 4.74 Å². The maximum Gasteiger partial charge on any atom is 0.348 e. The molecule has 138 valence electrons. The summed E-state index contributed by atoms with van der Waals surface area (Å²) in [5.41, 5.74) is 1.69. The van der Waals surface area contributed by atoms with Crippen LogP contribution in [0.4, 0.5) is 0 Å². The quantitative estimate of drug-likeness (QED) is 0.651. The van der Waals surface area contributed by atoms with Crippen LogP contribution in [0, 0.1) is 13.8 Å². The fraction of sp³-hybridized carbons (Fsp3) is 0.389. The maximum absolute atomic E-state index is 12.5. The highest BCUT2D eigenvalue weighted by molar-refractivity contribution is 7.20. The van der Waals surface area contributed by atoms with Gasteiger partial charge >= 0.3 is 5.97 Å². The number of hydrogen-bond acceptors (Lipinski definition) is 7. The number of H-pyrrole nitrogens is 1. The molecule has 0 aromatic carbocycles. The number of hydrogen-bond donors (Lipinski definition) is 1. The second-order valence-electron chi connectivity index (χ2n) is 6.17. The first-order chi connectivity index (χ1) is 12.4. The molecule has 0 unspecified atom stereocenters. The van der Waals surface area contributed by atoms with Crippen molar-refractivity contribution in [2.75, 3.05) is 13.7 Å². The highest BCUT2D eigenvalue weighted by Crippen LogP contribution is 2.27. The van der Waals surface area contributed by atoms with Gasteiger partial charge in [-0.2, -0.15) is 0 Å². The third kappa shape index (κ3) is 3.72. The molecule has 0 atom stereocenters. The Morgan fingerprint density at radius 1 is 1.35 bits per heavy atom. The summed E-state index contributed by atoms with van der Waals surface area (Å²) < 4.78 is 5.07. The van der Waals surface area contributed by atoms with E-state index in [1.54, 1.807) is 25.2 Å². The number of ether oxygens (including phenoxy) is 1. The highest BCUT2D eigenvalue weighted by atomic mass is 32.1. The molecule has 0 aliphatic carbocycles. The second kappa shape index (κ2) is 7.69. The summed E-state index contributed by atoms with van der Waals surface area (Å²) in [6, 6.07) is 2.10. The molecule has 0 aliphatic rings. The highest BCUT2D eigenvalue weighted by Gasteiger charge is 2.20. The van der Waals surface area contributed by atoms with Crippen molar-refractivity contribution in [1.29, 1.82) is 0 Å². The monoisotopic (exact) mass is 391 g/mol. The minimum atomic E-state index is -0.403. The van der Waals surface area contributed by atoms with Crippen molar-refractivity contribution in [3.8, 4) is 0 Å². The molecule has 0 saturated heterocycles. The summed E-state index contributed by atoms with van der Waals surface area (Å²) in [4.78, 5) is 36.4. The van der Waals surface area contributed by atoms with Crippen LogP contribution in [0.1, 0.15) is 38.4 Å². The predicted octanol–water partition coefficient (Wildman–Crippen LogP) is 3.47. The molecule has 0 aliphatic heterocycles. The van der Waals surface area contributed by atoms with Crippen LogP contribution in [0.3, 0.4) is 0 Å². The third-order valence-corrected chi connectivity index (χ3v) is 6.29. The summed E-state index contributed by atoms with van der Waals surface area (Å²) in [6.07, 6.45) is 0. The minimum Gasteiger partial charge on any atom is -0.462 e. The molecule has 3 aromatic rings. The SMILES string of the molecule is CCOC(=O)c1sc2nc(CN(C)Cc3sccc3C)[nH]c(=O)c2c1C. The zero-order valence-electron chi connectivity index (χ0n) is 15.2. The molecular formula is C18H21N3O3S2. The van der Waals surface area contributed by atoms with Crippen molar-refractivity contribution in [2.45, 2.75) is 33.9 Å². The van der Waals surface area contributed by atoms with Crippen molar-refractivity contribution in [3.63, 3.8) is 0 Å². The van der Waals surface area contributed by atoms with Crippen LogP contribution in [0.15, 0.2) is 16.2 Å². The zero-order valence-corrected chi connectivity index (χ0v) is 16.8. The first-order valence-corrected chi connectivity index (χ1v) is 10.0. The molecular weight excluding hydrogens is 370 g/mol. The van der Waals surface area contributed by atoms with Crippen molar-refractivity contribution in [3.05, 3.63) is 48.5 Å². The zero-order chi connectivity index (χ0) is 18.8. The van der Waals surface area contributed by atoms with Crippen molar-refractivity contribution < 1.29 is 9.53 Å². The molecule has 8 heteroatoms. The lowest BCUT2D eigenvalue weighted by molar-refractivity contribution is 0.0531. The molecule has 3 heterocycles. The summed E-state index contributed by atoms with van der Waals surface area (Å²) in [6.45, 7) is 7.23. The number of thiophene rings is 2. The smallest absolute Gasteiger partial charge is 0.348 e. The molecule has 6 nitrogen and oxygen atoms in total. The van der Waals surface area contributed by atoms with E-state index in [2.05, 4.69) is 33.2 Å². The van der Waals surface area contributed by atoms with Crippen LogP contribution in [0.2, 0.25) is 0 Å². The lowest BCUT2D eigenvalue weighted by atomic mass is 10.2. The van der Waals surface area contributed by atoms with Gasteiger partial charge < -0.3 is 9.72 Å². The fourth-order valence-electron chi connectivity index (χ4n) is 2.78. The van der Waals surface area contributed by atoms with Gasteiger partial charge in [-0.05, 0) is 50.4 Å². The standard InChI is InChI=1S/C18H21N3O3S2/c1-5-24-18(23)15-11(3)14-16(22)19-13(20-17(14)26-15)9-21(4)8-12-10(2)6-7-25-12/h6-7H,5,8-9H2,1-4H3,(H,19,20,22). The number of nitrogens with zero attached hydrogens (tertiary/aromatic N) is 2. The van der Waals surface area contributed by atoms with E-state index >= 15 is 0 Å². The second-order valence-corrected chi connectivity index (χ2v) is 8.17. The maximum atomic E-state index is 12.5. The Bertz CT molecular complexity index is 1000. The van der Waals surface area contributed by atoms with Gasteiger partial charge in [0.1, 0.15) is 15.5 Å². The Labute approximate surface area is 159 Å². The van der Waals surface area contributed by atoms with Gasteiger partial charge in [-0.1, -0.05) is 0 Å². The summed E-state index contributed by atoms with van der Waals surface area (Å²) in [7, 11) is 1.99. The summed E-state index contributed by atoms with van der Waals surface area (Å²) in [5.74, 6) is 0.190. The van der Waals surface area contributed by atoms with E-state index in [9.17, 15) is 9.59 Å². The number of fused-ring (bicyclic) bond motifs is 1. The average Bonchev–Trinajstić information content (AvgIpc) is 3.11. The Morgan fingerprint density at radius 2 is 2.12 bits per heavy atom. The van der Waals surface area contributed by atoms with Crippen LogP contribution in [0.25, 0.3) is 10.2 Å². The number of rotatable bonds is 6. The number of esters is 1. The Kier molecular flexibility index (Phi) is 5.55. The van der Waals surface area contributed by atoms with Gasteiger partial charge in [0.15, 0.2) is 0 Å². The summed E-state index contributed by atoms with van der Waals surface area (Å²) >= 11 is 2.94. The van der Waals surface area contributed by atoms with E-state index in [1.807, 2.05) is 7.05 Å². The number of aromatic amines is 1. The van der Waals surface area contributed by atoms with E-state index in [-0.39, 0.29) is 5.56 Å². The number of carbonyl (C=O) groups is 1. The minimum absolute atomic E-state index is 0.213. The lowest BCUT2D eigenvalue weighted by Gasteiger charge is -2.15. The van der Waals surface area contributed by atoms with Crippen LogP contribution >= 0.6 is 22.7 Å². The predicted molar refractivity (Wildman–Crippen MR) is 105 cm³/mol. The Morgan fingerprint density at radius 3 is 2.77 bits per heavy atom. The number of aryl methyl sites for hydroxylation is 2. The van der Waals surface area contributed by atoms with Crippen LogP contribution in [0.5, 0.6) is 0 Å². The number of nitrogens with one attached hydrogen (secondary N) is 1. The number of aromatic nitrogens is 2. The Balaban J connectivity index is 1.87. The molecule has 0 radical (unpaired) electrons. The van der Waals surface area contributed by atoms with Gasteiger partial charge in [0.05, 0.1) is 18.5 Å². The van der Waals surface area contributed by atoms with Crippen molar-refractivity contribution >= 4 is 38.9 Å². The Hall–Kier alpha value is -2.03. The molecule has 0 bridgehead atoms. The summed E-state index contributed by atoms with van der Waals surface area (Å²) in [5, 5.41) is 2.55. The van der Waals surface area contributed by atoms with Gasteiger partial charge in [0, 0.05) is 11.4 Å². The molecule has 1 N–H and O–H groups in total. The number of carbonyl (C=O) groups excluding carboxylic acids is 1. The molecule has 0 spiro atoms. The van der Waals surface area contributed by atoms with Gasteiger partial charge in [0.2, 0.25) is 0 Å². The molecule has 0 fully saturated rings. The fourth-order valence-corrected chi connectivity index (χ4v) is 4.86. The first kappa shape index (κ1) is 18.8. The molecule has 3 rings (SSSR count). The van der Waals surface area contributed by atoms with E-state index in [0.717, 1.165) is 6.54 Å². The van der Waals surface area contributed by atoms with Crippen molar-refractivity contribution in [1.82, 2.24) is 14.9 Å². The van der Waals surface area contributed by atoms with Gasteiger partial charge in [0.25, 0.3) is 5.56 Å². The van der Waals surface area contributed by atoms with E-state index in [1.165, 1.54) is 21.8 Å². The largest absolute Gasteiger partial charge is 0.462 e. The van der Waals surface area contributed by atoms with Crippen molar-refractivity contribution in [2.24, 2.45) is 0 Å². The first-order valence-electron chi connectivity index (χ1n) is 8.31. The van der Waals surface area contributed by atoms with Gasteiger partial charge in [-0.15, -0.1) is 22.7 Å². The molecule has 0 saturated carbocycles. The third-order valence-electron chi connectivity index (χ3n) is 4.11.